The molecular weight excluding hydrogens is 258 g/mol. The lowest BCUT2D eigenvalue weighted by molar-refractivity contribution is 0.0987. The number of nitrogens with zero attached hydrogens (tertiary/aromatic N) is 1. The van der Waals surface area contributed by atoms with Crippen molar-refractivity contribution in [3.05, 3.63) is 53.3 Å². The summed E-state index contributed by atoms with van der Waals surface area (Å²) in [7, 11) is 0. The number of benzene rings is 1. The highest BCUT2D eigenvalue weighted by Gasteiger charge is 2.33. The summed E-state index contributed by atoms with van der Waals surface area (Å²) in [5.74, 6) is 0.554. The van der Waals surface area contributed by atoms with Crippen LogP contribution in [0.25, 0.3) is 5.69 Å². The first-order valence-electron chi connectivity index (χ1n) is 7.86. The van der Waals surface area contributed by atoms with Gasteiger partial charge < -0.3 is 9.67 Å². The van der Waals surface area contributed by atoms with Gasteiger partial charge in [-0.25, -0.2) is 0 Å². The molecule has 21 heavy (non-hydrogen) atoms. The van der Waals surface area contributed by atoms with Gasteiger partial charge in [0, 0.05) is 23.1 Å². The lowest BCUT2D eigenvalue weighted by atomic mass is 9.75. The van der Waals surface area contributed by atoms with Gasteiger partial charge in [0.25, 0.3) is 0 Å². The second-order valence-electron chi connectivity index (χ2n) is 7.39. The zero-order chi connectivity index (χ0) is 15.2. The van der Waals surface area contributed by atoms with E-state index in [9.17, 15) is 5.11 Å². The van der Waals surface area contributed by atoms with E-state index in [2.05, 4.69) is 68.8 Å². The average molecular weight is 283 g/mol. The highest BCUT2D eigenvalue weighted by atomic mass is 16.3. The van der Waals surface area contributed by atoms with Crippen LogP contribution in [0.3, 0.4) is 0 Å². The minimum atomic E-state index is -0.333. The Labute approximate surface area is 127 Å². The van der Waals surface area contributed by atoms with Crippen molar-refractivity contribution < 1.29 is 5.11 Å². The summed E-state index contributed by atoms with van der Waals surface area (Å²) in [4.78, 5) is 0. The molecule has 0 spiro atoms. The minimum Gasteiger partial charge on any atom is -0.388 e. The van der Waals surface area contributed by atoms with Crippen LogP contribution in [0.2, 0.25) is 0 Å². The Morgan fingerprint density at radius 1 is 1.14 bits per heavy atom. The van der Waals surface area contributed by atoms with E-state index in [1.165, 1.54) is 16.9 Å². The highest BCUT2D eigenvalue weighted by Crippen LogP contribution is 2.41. The summed E-state index contributed by atoms with van der Waals surface area (Å²) >= 11 is 0. The van der Waals surface area contributed by atoms with Gasteiger partial charge in [0.1, 0.15) is 0 Å². The van der Waals surface area contributed by atoms with Crippen LogP contribution in [-0.4, -0.2) is 9.67 Å². The predicted octanol–water partition coefficient (Wildman–Crippen LogP) is 4.61. The molecule has 0 saturated heterocycles. The molecule has 2 aromatic rings. The fourth-order valence-electron chi connectivity index (χ4n) is 3.39. The molecule has 1 aromatic heterocycles. The van der Waals surface area contributed by atoms with Crippen LogP contribution in [-0.2, 0) is 6.42 Å². The Kier molecular flexibility index (Phi) is 3.45. The fraction of sp³-hybridized carbons (Fsp3) is 0.474. The van der Waals surface area contributed by atoms with Crippen LogP contribution in [0.1, 0.15) is 63.0 Å². The molecule has 2 heteroatoms. The van der Waals surface area contributed by atoms with Gasteiger partial charge >= 0.3 is 0 Å². The van der Waals surface area contributed by atoms with Gasteiger partial charge in [-0.2, -0.15) is 0 Å². The van der Waals surface area contributed by atoms with E-state index in [4.69, 9.17) is 0 Å². The quantitative estimate of drug-likeness (QED) is 0.855. The van der Waals surface area contributed by atoms with E-state index < -0.39 is 0 Å². The summed E-state index contributed by atoms with van der Waals surface area (Å²) in [5, 5.41) is 10.4. The van der Waals surface area contributed by atoms with Crippen LogP contribution in [0.4, 0.5) is 0 Å². The second-order valence-corrected chi connectivity index (χ2v) is 7.39. The first-order valence-corrected chi connectivity index (χ1v) is 7.86. The highest BCUT2D eigenvalue weighted by molar-refractivity contribution is 5.42. The molecule has 1 aliphatic rings. The van der Waals surface area contributed by atoms with Crippen molar-refractivity contribution in [1.82, 2.24) is 4.57 Å². The van der Waals surface area contributed by atoms with Gasteiger partial charge in [0.05, 0.1) is 6.10 Å². The smallest absolute Gasteiger partial charge is 0.0812 e. The normalized spacial score (nSPS) is 20.6. The van der Waals surface area contributed by atoms with E-state index in [-0.39, 0.29) is 11.5 Å². The van der Waals surface area contributed by atoms with E-state index in [0.29, 0.717) is 5.92 Å². The lowest BCUT2D eigenvalue weighted by Gasteiger charge is -2.34. The molecule has 1 aromatic carbocycles. The molecule has 1 N–H and O–H groups in total. The molecule has 1 heterocycles. The molecule has 0 amide bonds. The largest absolute Gasteiger partial charge is 0.388 e. The molecule has 0 fully saturated rings. The van der Waals surface area contributed by atoms with Gasteiger partial charge in [-0.05, 0) is 47.9 Å². The molecular formula is C19H25NO. The van der Waals surface area contributed by atoms with Crippen LogP contribution in [0.5, 0.6) is 0 Å². The minimum absolute atomic E-state index is 0.153. The standard InChI is InChI=1S/C19H25NO/c1-13(2)14-5-7-15(8-6-14)20-10-9-16-17(20)11-19(3,4)12-18(16)21/h5-10,13,18,21H,11-12H2,1-4H3. The van der Waals surface area contributed by atoms with Crippen LogP contribution in [0, 0.1) is 5.41 Å². The third-order valence-corrected chi connectivity index (χ3v) is 4.62. The predicted molar refractivity (Wildman–Crippen MR) is 86.9 cm³/mol. The van der Waals surface area contributed by atoms with E-state index in [0.717, 1.165) is 18.4 Å². The Bertz CT molecular complexity index is 634. The van der Waals surface area contributed by atoms with E-state index in [1.807, 2.05) is 0 Å². The molecule has 2 nitrogen and oxygen atoms in total. The second kappa shape index (κ2) is 5.03. The monoisotopic (exact) mass is 283 g/mol. The molecule has 1 aliphatic carbocycles. The summed E-state index contributed by atoms with van der Waals surface area (Å²) in [6.45, 7) is 8.90. The number of hydrogen-bond donors (Lipinski definition) is 1. The molecule has 3 rings (SSSR count). The number of rotatable bonds is 2. The maximum Gasteiger partial charge on any atom is 0.0812 e. The number of hydrogen-bond acceptors (Lipinski definition) is 1. The van der Waals surface area contributed by atoms with Crippen LogP contribution >= 0.6 is 0 Å². The van der Waals surface area contributed by atoms with Gasteiger partial charge in [0.2, 0.25) is 0 Å². The number of aliphatic hydroxyl groups excluding tert-OH is 1. The van der Waals surface area contributed by atoms with Gasteiger partial charge in [0.15, 0.2) is 0 Å². The van der Waals surface area contributed by atoms with Gasteiger partial charge in [-0.15, -0.1) is 0 Å². The topological polar surface area (TPSA) is 25.2 Å². The first-order chi connectivity index (χ1) is 9.87. The molecule has 1 unspecified atom stereocenters. The van der Waals surface area contributed by atoms with Crippen molar-refractivity contribution in [3.8, 4) is 5.69 Å². The average Bonchev–Trinajstić information content (AvgIpc) is 2.81. The Balaban J connectivity index is 2.01. The lowest BCUT2D eigenvalue weighted by Crippen LogP contribution is -2.26. The SMILES string of the molecule is CC(C)c1ccc(-n2ccc3c2CC(C)(C)CC3O)cc1. The van der Waals surface area contributed by atoms with Crippen LogP contribution in [0.15, 0.2) is 36.5 Å². The summed E-state index contributed by atoms with van der Waals surface area (Å²) < 4.78 is 2.24. The molecule has 0 saturated carbocycles. The number of aromatic nitrogens is 1. The number of aliphatic hydroxyl groups is 1. The maximum atomic E-state index is 10.4. The third kappa shape index (κ3) is 2.65. The third-order valence-electron chi connectivity index (χ3n) is 4.62. The fourth-order valence-corrected chi connectivity index (χ4v) is 3.39. The van der Waals surface area contributed by atoms with E-state index >= 15 is 0 Å². The van der Waals surface area contributed by atoms with Crippen molar-refractivity contribution in [3.63, 3.8) is 0 Å². The molecule has 0 bridgehead atoms. The molecule has 112 valence electrons. The first kappa shape index (κ1) is 14.4. The summed E-state index contributed by atoms with van der Waals surface area (Å²) in [6.07, 6.45) is 3.62. The van der Waals surface area contributed by atoms with Crippen molar-refractivity contribution in [2.75, 3.05) is 0 Å². The Hall–Kier alpha value is -1.54. The van der Waals surface area contributed by atoms with Crippen molar-refractivity contribution in [1.29, 1.82) is 0 Å². The summed E-state index contributed by atoms with van der Waals surface area (Å²) in [6, 6.07) is 10.9. The zero-order valence-corrected chi connectivity index (χ0v) is 13.4. The van der Waals surface area contributed by atoms with Crippen molar-refractivity contribution in [2.24, 2.45) is 5.41 Å². The molecule has 0 radical (unpaired) electrons. The zero-order valence-electron chi connectivity index (χ0n) is 13.4. The van der Waals surface area contributed by atoms with Gasteiger partial charge in [-0.1, -0.05) is 39.8 Å². The van der Waals surface area contributed by atoms with Gasteiger partial charge in [-0.3, -0.25) is 0 Å². The van der Waals surface area contributed by atoms with E-state index in [1.54, 1.807) is 0 Å². The van der Waals surface area contributed by atoms with Crippen molar-refractivity contribution >= 4 is 0 Å². The number of fused-ring (bicyclic) bond motifs is 1. The van der Waals surface area contributed by atoms with Crippen LogP contribution < -0.4 is 0 Å². The Morgan fingerprint density at radius 3 is 2.43 bits per heavy atom. The molecule has 1 atom stereocenters. The summed E-state index contributed by atoms with van der Waals surface area (Å²) in [5.41, 5.74) is 5.06. The maximum absolute atomic E-state index is 10.4. The Morgan fingerprint density at radius 2 is 1.81 bits per heavy atom. The molecule has 0 aliphatic heterocycles. The van der Waals surface area contributed by atoms with Crippen molar-refractivity contribution in [2.45, 2.75) is 52.6 Å².